The number of amides is 1. The summed E-state index contributed by atoms with van der Waals surface area (Å²) in [4.78, 5) is 35.0. The van der Waals surface area contributed by atoms with Gasteiger partial charge in [-0.05, 0) is 87.1 Å². The lowest BCUT2D eigenvalue weighted by Crippen LogP contribution is -2.45. The number of hydrogen-bond acceptors (Lipinski definition) is 5. The molecule has 1 amide bonds. The predicted octanol–water partition coefficient (Wildman–Crippen LogP) is 6.57. The number of alkyl halides is 3. The zero-order valence-electron chi connectivity index (χ0n) is 23.9. The smallest absolute Gasteiger partial charge is 0.371 e. The summed E-state index contributed by atoms with van der Waals surface area (Å²) >= 11 is 6.01. The summed E-state index contributed by atoms with van der Waals surface area (Å²) in [6, 6.07) is 13.0. The number of carbonyl (C=O) groups is 2. The topological polar surface area (TPSA) is 65.5 Å². The predicted molar refractivity (Wildman–Crippen MR) is 157 cm³/mol. The number of piperidine rings is 1. The quantitative estimate of drug-likeness (QED) is 0.312. The maximum atomic E-state index is 13.5. The van der Waals surface area contributed by atoms with Crippen LogP contribution in [-0.4, -0.2) is 54.3 Å². The number of pyridine rings is 1. The molecule has 6 nitrogen and oxygen atoms in total. The standard InChI is InChI=1S/C32H34ClF3N4O2/c1-19-15-24(16-20(2)38-19)40-13-11-23(12-14-40)39(3)31(42)22-8-7-21-9-10-28(25(21)17-22)37-18-29(41)30-26(32(34,35)36)5-4-6-27(30)33/h4-8,15-17,23,28,37H,9-14,18H2,1-3H3. The van der Waals surface area contributed by atoms with Crippen LogP contribution in [-0.2, 0) is 12.6 Å². The molecule has 1 fully saturated rings. The van der Waals surface area contributed by atoms with E-state index in [4.69, 9.17) is 11.6 Å². The van der Waals surface area contributed by atoms with Crippen molar-refractivity contribution in [1.29, 1.82) is 0 Å². The van der Waals surface area contributed by atoms with Gasteiger partial charge in [-0.2, -0.15) is 13.2 Å². The number of benzene rings is 2. The monoisotopic (exact) mass is 598 g/mol. The normalized spacial score (nSPS) is 17.3. The van der Waals surface area contributed by atoms with Crippen LogP contribution in [0.25, 0.3) is 0 Å². The fourth-order valence-electron chi connectivity index (χ4n) is 6.17. The highest BCUT2D eigenvalue weighted by Gasteiger charge is 2.36. The van der Waals surface area contributed by atoms with Crippen LogP contribution in [0.3, 0.4) is 0 Å². The molecule has 1 unspecified atom stereocenters. The van der Waals surface area contributed by atoms with E-state index < -0.39 is 23.1 Å². The lowest BCUT2D eigenvalue weighted by molar-refractivity contribution is -0.137. The van der Waals surface area contributed by atoms with E-state index in [1.165, 1.54) is 12.1 Å². The molecule has 1 saturated heterocycles. The van der Waals surface area contributed by atoms with Gasteiger partial charge in [0.1, 0.15) is 0 Å². The van der Waals surface area contributed by atoms with Gasteiger partial charge in [-0.15, -0.1) is 0 Å². The maximum Gasteiger partial charge on any atom is 0.417 e. The third kappa shape index (κ3) is 6.32. The number of rotatable bonds is 7. The Labute approximate surface area is 248 Å². The molecule has 1 aromatic heterocycles. The van der Waals surface area contributed by atoms with Crippen LogP contribution in [0.5, 0.6) is 0 Å². The number of aromatic nitrogens is 1. The Kier molecular flexibility index (Phi) is 8.62. The van der Waals surface area contributed by atoms with Gasteiger partial charge in [0, 0.05) is 60.4 Å². The van der Waals surface area contributed by atoms with Crippen molar-refractivity contribution >= 4 is 29.0 Å². The van der Waals surface area contributed by atoms with E-state index in [9.17, 15) is 22.8 Å². The second-order valence-corrected chi connectivity index (χ2v) is 11.6. The molecule has 3 aromatic rings. The molecule has 42 heavy (non-hydrogen) atoms. The first kappa shape index (κ1) is 30.0. The van der Waals surface area contributed by atoms with Crippen LogP contribution in [0, 0.1) is 13.8 Å². The lowest BCUT2D eigenvalue weighted by atomic mass is 9.99. The molecule has 1 atom stereocenters. The van der Waals surface area contributed by atoms with Crippen LogP contribution < -0.4 is 10.2 Å². The SMILES string of the molecule is Cc1cc(N2CCC(N(C)C(=O)c3ccc4c(c3)C(NCC(=O)c3c(Cl)cccc3C(F)(F)F)CC4)CC2)cc(C)n1. The van der Waals surface area contributed by atoms with Crippen molar-refractivity contribution in [2.24, 2.45) is 0 Å². The van der Waals surface area contributed by atoms with Crippen molar-refractivity contribution < 1.29 is 22.8 Å². The van der Waals surface area contributed by atoms with E-state index in [1.54, 1.807) is 0 Å². The summed E-state index contributed by atoms with van der Waals surface area (Å²) in [5.41, 5.74) is 4.09. The Balaban J connectivity index is 1.23. The van der Waals surface area contributed by atoms with E-state index >= 15 is 0 Å². The van der Waals surface area contributed by atoms with Crippen LogP contribution in [0.2, 0.25) is 5.02 Å². The first-order valence-corrected chi connectivity index (χ1v) is 14.5. The summed E-state index contributed by atoms with van der Waals surface area (Å²) in [7, 11) is 1.84. The summed E-state index contributed by atoms with van der Waals surface area (Å²) in [5, 5.41) is 2.89. The molecule has 0 radical (unpaired) electrons. The van der Waals surface area contributed by atoms with Gasteiger partial charge in [-0.3, -0.25) is 14.6 Å². The number of fused-ring (bicyclic) bond motifs is 1. The number of halogens is 4. The third-order valence-corrected chi connectivity index (χ3v) is 8.66. The first-order valence-electron chi connectivity index (χ1n) is 14.1. The molecule has 1 aliphatic heterocycles. The zero-order valence-corrected chi connectivity index (χ0v) is 24.6. The Hall–Kier alpha value is -3.43. The van der Waals surface area contributed by atoms with E-state index in [0.717, 1.165) is 66.6 Å². The molecule has 0 spiro atoms. The molecular formula is C32H34ClF3N4O2. The number of carbonyl (C=O) groups excluding carboxylic acids is 2. The Bertz CT molecular complexity index is 1480. The van der Waals surface area contributed by atoms with Crippen molar-refractivity contribution in [3.05, 3.63) is 92.8 Å². The van der Waals surface area contributed by atoms with Gasteiger partial charge in [0.15, 0.2) is 5.78 Å². The molecule has 2 heterocycles. The molecule has 1 N–H and O–H groups in total. The number of nitrogens with one attached hydrogen (secondary N) is 1. The highest BCUT2D eigenvalue weighted by molar-refractivity contribution is 6.34. The second-order valence-electron chi connectivity index (χ2n) is 11.2. The highest BCUT2D eigenvalue weighted by Crippen LogP contribution is 2.36. The van der Waals surface area contributed by atoms with Crippen molar-refractivity contribution in [3.8, 4) is 0 Å². The average molecular weight is 599 g/mol. The number of anilines is 1. The van der Waals surface area contributed by atoms with E-state index in [-0.39, 0.29) is 29.6 Å². The van der Waals surface area contributed by atoms with Crippen LogP contribution in [0.15, 0.2) is 48.5 Å². The fourth-order valence-corrected chi connectivity index (χ4v) is 6.45. The maximum absolute atomic E-state index is 13.5. The number of hydrogen-bond donors (Lipinski definition) is 1. The molecule has 5 rings (SSSR count). The highest BCUT2D eigenvalue weighted by atomic mass is 35.5. The molecule has 10 heteroatoms. The minimum absolute atomic E-state index is 0.0699. The van der Waals surface area contributed by atoms with Crippen molar-refractivity contribution in [2.45, 2.75) is 57.8 Å². The van der Waals surface area contributed by atoms with Crippen LogP contribution >= 0.6 is 11.6 Å². The van der Waals surface area contributed by atoms with Crippen LogP contribution in [0.1, 0.15) is 74.1 Å². The summed E-state index contributed by atoms with van der Waals surface area (Å²) < 4.78 is 40.5. The number of ketones is 1. The molecule has 0 bridgehead atoms. The fraction of sp³-hybridized carbons (Fsp3) is 0.406. The van der Waals surface area contributed by atoms with Gasteiger partial charge < -0.3 is 15.1 Å². The summed E-state index contributed by atoms with van der Waals surface area (Å²) in [6.45, 7) is 5.37. The molecule has 2 aromatic carbocycles. The van der Waals surface area contributed by atoms with Gasteiger partial charge in [0.25, 0.3) is 5.91 Å². The summed E-state index contributed by atoms with van der Waals surface area (Å²) in [6.07, 6.45) is -1.57. The Morgan fingerprint density at radius 1 is 1.05 bits per heavy atom. The lowest BCUT2D eigenvalue weighted by Gasteiger charge is -2.38. The van der Waals surface area contributed by atoms with Gasteiger partial charge in [0.2, 0.25) is 0 Å². The van der Waals surface area contributed by atoms with Gasteiger partial charge in [-0.1, -0.05) is 23.7 Å². The van der Waals surface area contributed by atoms with Crippen LogP contribution in [0.4, 0.5) is 18.9 Å². The van der Waals surface area contributed by atoms with Crippen molar-refractivity contribution in [3.63, 3.8) is 0 Å². The molecule has 2 aliphatic rings. The van der Waals surface area contributed by atoms with E-state index in [1.807, 2.05) is 44.0 Å². The summed E-state index contributed by atoms with van der Waals surface area (Å²) in [5.74, 6) is -0.795. The minimum Gasteiger partial charge on any atom is -0.371 e. The Morgan fingerprint density at radius 2 is 1.74 bits per heavy atom. The molecule has 222 valence electrons. The zero-order chi connectivity index (χ0) is 30.2. The third-order valence-electron chi connectivity index (χ3n) is 8.34. The number of aryl methyl sites for hydroxylation is 3. The average Bonchev–Trinajstić information content (AvgIpc) is 3.36. The van der Waals surface area contributed by atoms with Gasteiger partial charge >= 0.3 is 6.18 Å². The van der Waals surface area contributed by atoms with Crippen molar-refractivity contribution in [1.82, 2.24) is 15.2 Å². The number of nitrogens with zero attached hydrogens (tertiary/aromatic N) is 3. The largest absolute Gasteiger partial charge is 0.417 e. The van der Waals surface area contributed by atoms with Gasteiger partial charge in [0.05, 0.1) is 17.1 Å². The van der Waals surface area contributed by atoms with Crippen molar-refractivity contribution in [2.75, 3.05) is 31.6 Å². The Morgan fingerprint density at radius 3 is 2.40 bits per heavy atom. The molecular weight excluding hydrogens is 565 g/mol. The number of Topliss-reactive ketones (excluding diaryl/α,β-unsaturated/α-hetero) is 1. The minimum atomic E-state index is -4.69. The van der Waals surface area contributed by atoms with E-state index in [0.29, 0.717) is 12.0 Å². The molecule has 0 saturated carbocycles. The second kappa shape index (κ2) is 12.1. The van der Waals surface area contributed by atoms with E-state index in [2.05, 4.69) is 27.3 Å². The first-order chi connectivity index (χ1) is 19.9. The van der Waals surface area contributed by atoms with Gasteiger partial charge in [-0.25, -0.2) is 0 Å². The molecule has 1 aliphatic carbocycles.